The Balaban J connectivity index is 2.00. The van der Waals surface area contributed by atoms with E-state index in [1.807, 2.05) is 24.3 Å². The molecule has 2 rings (SSSR count). The molecule has 1 aromatic carbocycles. The van der Waals surface area contributed by atoms with Gasteiger partial charge in [0.2, 0.25) is 11.7 Å². The number of rotatable bonds is 9. The number of hydrogen-bond acceptors (Lipinski definition) is 6. The number of ether oxygens (including phenoxy) is 2. The normalized spacial score (nSPS) is 11.3. The van der Waals surface area contributed by atoms with Crippen molar-refractivity contribution in [2.75, 3.05) is 40.5 Å². The van der Waals surface area contributed by atoms with Crippen molar-refractivity contribution in [1.29, 1.82) is 0 Å². The number of aromatic nitrogens is 2. The standard InChI is InChI=1S/C16H23N3O3/c1-13-4-6-14(7-5-13)16-17-15(22-18-16)12-19(8-10-20-2)9-11-21-3/h4-7H,8-12H2,1-3H3. The summed E-state index contributed by atoms with van der Waals surface area (Å²) in [4.78, 5) is 6.63. The molecule has 2 aromatic rings. The van der Waals surface area contributed by atoms with Crippen LogP contribution in [0.25, 0.3) is 11.4 Å². The molecule has 0 saturated heterocycles. The monoisotopic (exact) mass is 305 g/mol. The van der Waals surface area contributed by atoms with Crippen LogP contribution in [-0.4, -0.2) is 55.6 Å². The minimum atomic E-state index is 0.589. The molecular formula is C16H23N3O3. The summed E-state index contributed by atoms with van der Waals surface area (Å²) in [6.45, 7) is 5.54. The molecule has 1 aromatic heterocycles. The van der Waals surface area contributed by atoms with Crippen LogP contribution in [0.3, 0.4) is 0 Å². The molecule has 0 aliphatic rings. The third kappa shape index (κ3) is 4.91. The second kappa shape index (κ2) is 8.63. The molecule has 0 aliphatic carbocycles. The van der Waals surface area contributed by atoms with Gasteiger partial charge in [0.25, 0.3) is 0 Å². The van der Waals surface area contributed by atoms with Gasteiger partial charge in [-0.3, -0.25) is 4.90 Å². The minimum Gasteiger partial charge on any atom is -0.383 e. The summed E-state index contributed by atoms with van der Waals surface area (Å²) in [5, 5.41) is 4.05. The maximum absolute atomic E-state index is 5.36. The molecule has 22 heavy (non-hydrogen) atoms. The zero-order chi connectivity index (χ0) is 15.8. The Hall–Kier alpha value is -1.76. The van der Waals surface area contributed by atoms with Gasteiger partial charge in [0.05, 0.1) is 19.8 Å². The third-order valence-corrected chi connectivity index (χ3v) is 3.36. The van der Waals surface area contributed by atoms with E-state index in [9.17, 15) is 0 Å². The lowest BCUT2D eigenvalue weighted by Crippen LogP contribution is -2.30. The van der Waals surface area contributed by atoms with Crippen molar-refractivity contribution < 1.29 is 14.0 Å². The average Bonchev–Trinajstić information content (AvgIpc) is 2.99. The fourth-order valence-corrected chi connectivity index (χ4v) is 2.04. The third-order valence-electron chi connectivity index (χ3n) is 3.36. The molecule has 0 radical (unpaired) electrons. The minimum absolute atomic E-state index is 0.589. The van der Waals surface area contributed by atoms with E-state index in [1.165, 1.54) is 5.56 Å². The van der Waals surface area contributed by atoms with E-state index in [4.69, 9.17) is 14.0 Å². The summed E-state index contributed by atoms with van der Waals surface area (Å²) in [5.41, 5.74) is 2.17. The van der Waals surface area contributed by atoms with Gasteiger partial charge in [-0.05, 0) is 6.92 Å². The number of nitrogens with zero attached hydrogens (tertiary/aromatic N) is 3. The summed E-state index contributed by atoms with van der Waals surface area (Å²) in [6, 6.07) is 8.07. The van der Waals surface area contributed by atoms with Crippen LogP contribution in [0.1, 0.15) is 11.5 Å². The largest absolute Gasteiger partial charge is 0.383 e. The highest BCUT2D eigenvalue weighted by Gasteiger charge is 2.13. The van der Waals surface area contributed by atoms with E-state index in [0.717, 1.165) is 18.7 Å². The number of aryl methyl sites for hydroxylation is 1. The Bertz CT molecular complexity index is 546. The molecule has 6 heteroatoms. The molecule has 0 N–H and O–H groups in total. The maximum atomic E-state index is 5.36. The zero-order valence-corrected chi connectivity index (χ0v) is 13.4. The highest BCUT2D eigenvalue weighted by molar-refractivity contribution is 5.54. The molecular weight excluding hydrogens is 282 g/mol. The predicted molar refractivity (Wildman–Crippen MR) is 83.5 cm³/mol. The summed E-state index contributed by atoms with van der Waals surface area (Å²) in [6.07, 6.45) is 0. The van der Waals surface area contributed by atoms with Crippen molar-refractivity contribution in [2.24, 2.45) is 0 Å². The van der Waals surface area contributed by atoms with Gasteiger partial charge in [0, 0.05) is 32.9 Å². The van der Waals surface area contributed by atoms with Gasteiger partial charge in [0.15, 0.2) is 0 Å². The SMILES string of the molecule is COCCN(CCOC)Cc1nc(-c2ccc(C)cc2)no1. The average molecular weight is 305 g/mol. The van der Waals surface area contributed by atoms with E-state index in [-0.39, 0.29) is 0 Å². The quantitative estimate of drug-likeness (QED) is 0.707. The first-order valence-corrected chi connectivity index (χ1v) is 7.32. The number of benzene rings is 1. The van der Waals surface area contributed by atoms with Crippen molar-refractivity contribution in [3.8, 4) is 11.4 Å². The van der Waals surface area contributed by atoms with Gasteiger partial charge in [-0.25, -0.2) is 0 Å². The molecule has 120 valence electrons. The van der Waals surface area contributed by atoms with Gasteiger partial charge in [-0.15, -0.1) is 0 Å². The Morgan fingerprint density at radius 3 is 2.27 bits per heavy atom. The van der Waals surface area contributed by atoms with Crippen LogP contribution in [-0.2, 0) is 16.0 Å². The van der Waals surface area contributed by atoms with Crippen molar-refractivity contribution >= 4 is 0 Å². The van der Waals surface area contributed by atoms with E-state index in [0.29, 0.717) is 31.5 Å². The van der Waals surface area contributed by atoms with E-state index in [1.54, 1.807) is 14.2 Å². The van der Waals surface area contributed by atoms with Gasteiger partial charge in [-0.2, -0.15) is 4.98 Å². The Kier molecular flexibility index (Phi) is 6.51. The molecule has 0 aliphatic heterocycles. The first-order valence-electron chi connectivity index (χ1n) is 7.32. The van der Waals surface area contributed by atoms with Crippen LogP contribution in [0.2, 0.25) is 0 Å². The molecule has 0 unspecified atom stereocenters. The highest BCUT2D eigenvalue weighted by Crippen LogP contribution is 2.16. The summed E-state index contributed by atoms with van der Waals surface area (Å²) < 4.78 is 15.6. The van der Waals surface area contributed by atoms with Crippen LogP contribution in [0, 0.1) is 6.92 Å². The fraction of sp³-hybridized carbons (Fsp3) is 0.500. The fourth-order valence-electron chi connectivity index (χ4n) is 2.04. The summed E-state index contributed by atoms with van der Waals surface area (Å²) in [5.74, 6) is 1.22. The zero-order valence-electron chi connectivity index (χ0n) is 13.4. The van der Waals surface area contributed by atoms with E-state index < -0.39 is 0 Å². The lowest BCUT2D eigenvalue weighted by Gasteiger charge is -2.19. The van der Waals surface area contributed by atoms with Crippen LogP contribution < -0.4 is 0 Å². The maximum Gasteiger partial charge on any atom is 0.241 e. The Morgan fingerprint density at radius 2 is 1.68 bits per heavy atom. The molecule has 1 heterocycles. The highest BCUT2D eigenvalue weighted by atomic mass is 16.5. The Labute approximate surface area is 131 Å². The van der Waals surface area contributed by atoms with Crippen LogP contribution in [0.4, 0.5) is 0 Å². The van der Waals surface area contributed by atoms with Gasteiger partial charge >= 0.3 is 0 Å². The molecule has 0 atom stereocenters. The van der Waals surface area contributed by atoms with E-state index in [2.05, 4.69) is 22.0 Å². The molecule has 0 saturated carbocycles. The second-order valence-corrected chi connectivity index (χ2v) is 5.14. The van der Waals surface area contributed by atoms with E-state index >= 15 is 0 Å². The summed E-state index contributed by atoms with van der Waals surface area (Å²) in [7, 11) is 3.38. The van der Waals surface area contributed by atoms with Crippen molar-refractivity contribution in [2.45, 2.75) is 13.5 Å². The molecule has 0 fully saturated rings. The number of methoxy groups -OCH3 is 2. The van der Waals surface area contributed by atoms with Crippen molar-refractivity contribution in [3.63, 3.8) is 0 Å². The second-order valence-electron chi connectivity index (χ2n) is 5.14. The molecule has 0 bridgehead atoms. The summed E-state index contributed by atoms with van der Waals surface area (Å²) >= 11 is 0. The van der Waals surface area contributed by atoms with Gasteiger partial charge in [0.1, 0.15) is 0 Å². The van der Waals surface area contributed by atoms with Crippen LogP contribution >= 0.6 is 0 Å². The predicted octanol–water partition coefficient (Wildman–Crippen LogP) is 2.14. The lowest BCUT2D eigenvalue weighted by molar-refractivity contribution is 0.103. The van der Waals surface area contributed by atoms with Crippen LogP contribution in [0.5, 0.6) is 0 Å². The first-order chi connectivity index (χ1) is 10.7. The van der Waals surface area contributed by atoms with Gasteiger partial charge < -0.3 is 14.0 Å². The molecule has 0 spiro atoms. The molecule has 0 amide bonds. The van der Waals surface area contributed by atoms with Crippen molar-refractivity contribution in [1.82, 2.24) is 15.0 Å². The topological polar surface area (TPSA) is 60.6 Å². The van der Waals surface area contributed by atoms with Crippen LogP contribution in [0.15, 0.2) is 28.8 Å². The first kappa shape index (κ1) is 16.6. The molecule has 6 nitrogen and oxygen atoms in total. The lowest BCUT2D eigenvalue weighted by atomic mass is 10.1. The van der Waals surface area contributed by atoms with Crippen molar-refractivity contribution in [3.05, 3.63) is 35.7 Å². The smallest absolute Gasteiger partial charge is 0.241 e. The Morgan fingerprint density at radius 1 is 1.05 bits per heavy atom. The van der Waals surface area contributed by atoms with Gasteiger partial charge in [-0.1, -0.05) is 35.0 Å². The number of hydrogen-bond donors (Lipinski definition) is 0.